The van der Waals surface area contributed by atoms with Crippen molar-refractivity contribution in [3.63, 3.8) is 0 Å². The Hall–Kier alpha value is -1.45. The molecule has 0 unspecified atom stereocenters. The van der Waals surface area contributed by atoms with Crippen molar-refractivity contribution >= 4 is 15.9 Å². The Labute approximate surface area is 155 Å². The van der Waals surface area contributed by atoms with Crippen LogP contribution in [0.2, 0.25) is 0 Å². The molecule has 0 spiro atoms. The monoisotopic (exact) mass is 386 g/mol. The van der Waals surface area contributed by atoms with Gasteiger partial charge in [0.1, 0.15) is 10.6 Å². The minimum absolute atomic E-state index is 0.0292. The van der Waals surface area contributed by atoms with Crippen LogP contribution >= 0.6 is 0 Å². The van der Waals surface area contributed by atoms with E-state index in [1.165, 1.54) is 4.31 Å². The van der Waals surface area contributed by atoms with Crippen molar-refractivity contribution in [2.45, 2.75) is 51.9 Å². The fourth-order valence-electron chi connectivity index (χ4n) is 3.57. The maximum atomic E-state index is 13.0. The Morgan fingerprint density at radius 3 is 2.35 bits per heavy atom. The average Bonchev–Trinajstić information content (AvgIpc) is 2.83. The van der Waals surface area contributed by atoms with Crippen molar-refractivity contribution in [1.29, 1.82) is 0 Å². The summed E-state index contributed by atoms with van der Waals surface area (Å²) in [5.41, 5.74) is 5.70. The third-order valence-electron chi connectivity index (χ3n) is 5.51. The maximum absolute atomic E-state index is 13.0. The van der Waals surface area contributed by atoms with Crippen LogP contribution in [0, 0.1) is 19.3 Å². The van der Waals surface area contributed by atoms with Crippen molar-refractivity contribution in [3.05, 3.63) is 11.5 Å². The number of aryl methyl sites for hydroxylation is 2. The van der Waals surface area contributed by atoms with Crippen molar-refractivity contribution in [2.75, 3.05) is 32.7 Å². The molecular formula is C17H30N4O4S. The highest BCUT2D eigenvalue weighted by atomic mass is 32.2. The number of sulfonamides is 1. The number of hydrogen-bond acceptors (Lipinski definition) is 6. The van der Waals surface area contributed by atoms with E-state index in [-0.39, 0.29) is 17.3 Å². The van der Waals surface area contributed by atoms with E-state index in [0.29, 0.717) is 56.9 Å². The Kier molecular flexibility index (Phi) is 6.46. The van der Waals surface area contributed by atoms with Crippen LogP contribution in [-0.4, -0.2) is 61.4 Å². The third-order valence-corrected chi connectivity index (χ3v) is 7.65. The largest absolute Gasteiger partial charge is 0.360 e. The molecule has 0 radical (unpaired) electrons. The number of amides is 1. The lowest BCUT2D eigenvalue weighted by Gasteiger charge is -2.34. The van der Waals surface area contributed by atoms with Gasteiger partial charge in [0.25, 0.3) is 0 Å². The predicted molar refractivity (Wildman–Crippen MR) is 98.0 cm³/mol. The predicted octanol–water partition coefficient (Wildman–Crippen LogP) is 1.28. The van der Waals surface area contributed by atoms with Crippen molar-refractivity contribution in [2.24, 2.45) is 11.1 Å². The molecule has 0 aliphatic carbocycles. The van der Waals surface area contributed by atoms with Crippen LogP contribution < -0.4 is 5.73 Å². The zero-order chi connectivity index (χ0) is 19.5. The summed E-state index contributed by atoms with van der Waals surface area (Å²) in [5, 5.41) is 3.75. The Morgan fingerprint density at radius 1 is 1.19 bits per heavy atom. The molecule has 2 N–H and O–H groups in total. The highest BCUT2D eigenvalue weighted by molar-refractivity contribution is 7.89. The quantitative estimate of drug-likeness (QED) is 0.789. The smallest absolute Gasteiger partial charge is 0.248 e. The number of carbonyl (C=O) groups is 1. The van der Waals surface area contributed by atoms with Gasteiger partial charge in [-0.1, -0.05) is 19.0 Å². The molecule has 0 bridgehead atoms. The standard InChI is InChI=1S/C17H30N4O4S/c1-5-17(6-2,12-18)16(22)20-8-7-9-21(11-10-20)26(23,24)15-13(3)19-25-14(15)4/h5-12,18H2,1-4H3. The zero-order valence-corrected chi connectivity index (χ0v) is 16.9. The van der Waals surface area contributed by atoms with Gasteiger partial charge in [0.15, 0.2) is 5.76 Å². The average molecular weight is 387 g/mol. The first-order chi connectivity index (χ1) is 12.2. The highest BCUT2D eigenvalue weighted by Crippen LogP contribution is 2.29. The van der Waals surface area contributed by atoms with E-state index >= 15 is 0 Å². The lowest BCUT2D eigenvalue weighted by molar-refractivity contribution is -0.142. The first kappa shape index (κ1) is 20.9. The molecular weight excluding hydrogens is 356 g/mol. The topological polar surface area (TPSA) is 110 Å². The number of rotatable bonds is 6. The van der Waals surface area contributed by atoms with E-state index in [9.17, 15) is 13.2 Å². The summed E-state index contributed by atoms with van der Waals surface area (Å²) in [5.74, 6) is 0.320. The molecule has 26 heavy (non-hydrogen) atoms. The van der Waals surface area contributed by atoms with Gasteiger partial charge in [0.2, 0.25) is 15.9 Å². The summed E-state index contributed by atoms with van der Waals surface area (Å²) in [6, 6.07) is 0. The molecule has 2 rings (SSSR count). The van der Waals surface area contributed by atoms with Gasteiger partial charge in [-0.25, -0.2) is 8.42 Å². The molecule has 1 aromatic heterocycles. The first-order valence-electron chi connectivity index (χ1n) is 9.16. The van der Waals surface area contributed by atoms with Crippen LogP contribution in [0.25, 0.3) is 0 Å². The van der Waals surface area contributed by atoms with Gasteiger partial charge in [-0.15, -0.1) is 0 Å². The minimum Gasteiger partial charge on any atom is -0.360 e. The van der Waals surface area contributed by atoms with Gasteiger partial charge in [-0.3, -0.25) is 4.79 Å². The van der Waals surface area contributed by atoms with Gasteiger partial charge in [0.05, 0.1) is 5.41 Å². The second-order valence-electron chi connectivity index (χ2n) is 6.89. The van der Waals surface area contributed by atoms with E-state index in [1.54, 1.807) is 18.7 Å². The van der Waals surface area contributed by atoms with Gasteiger partial charge in [-0.05, 0) is 33.1 Å². The maximum Gasteiger partial charge on any atom is 0.248 e. The van der Waals surface area contributed by atoms with E-state index in [4.69, 9.17) is 10.3 Å². The van der Waals surface area contributed by atoms with Gasteiger partial charge in [0, 0.05) is 32.7 Å². The van der Waals surface area contributed by atoms with Crippen molar-refractivity contribution < 1.29 is 17.7 Å². The molecule has 1 amide bonds. The molecule has 148 valence electrons. The highest BCUT2D eigenvalue weighted by Gasteiger charge is 2.39. The number of hydrogen-bond donors (Lipinski definition) is 1. The van der Waals surface area contributed by atoms with Gasteiger partial charge >= 0.3 is 0 Å². The Morgan fingerprint density at radius 2 is 1.85 bits per heavy atom. The fraction of sp³-hybridized carbons (Fsp3) is 0.765. The summed E-state index contributed by atoms with van der Waals surface area (Å²) in [4.78, 5) is 14.9. The summed E-state index contributed by atoms with van der Waals surface area (Å²) in [6.07, 6.45) is 1.94. The van der Waals surface area contributed by atoms with Crippen LogP contribution in [0.3, 0.4) is 0 Å². The van der Waals surface area contributed by atoms with Crippen LogP contribution in [-0.2, 0) is 14.8 Å². The fourth-order valence-corrected chi connectivity index (χ4v) is 5.33. The SMILES string of the molecule is CCC(CC)(CN)C(=O)N1CCCN(S(=O)(=O)c2c(C)noc2C)CC1. The number of aromatic nitrogens is 1. The minimum atomic E-state index is -3.69. The van der Waals surface area contributed by atoms with Crippen LogP contribution in [0.15, 0.2) is 9.42 Å². The molecule has 1 saturated heterocycles. The summed E-state index contributed by atoms with van der Waals surface area (Å²) >= 11 is 0. The molecule has 1 fully saturated rings. The summed E-state index contributed by atoms with van der Waals surface area (Å²) < 4.78 is 32.4. The molecule has 2 heterocycles. The van der Waals surface area contributed by atoms with Crippen molar-refractivity contribution in [1.82, 2.24) is 14.4 Å². The second kappa shape index (κ2) is 8.06. The lowest BCUT2D eigenvalue weighted by Crippen LogP contribution is -2.48. The van der Waals surface area contributed by atoms with Gasteiger partial charge < -0.3 is 15.2 Å². The van der Waals surface area contributed by atoms with E-state index in [0.717, 1.165) is 0 Å². The molecule has 1 aromatic rings. The normalized spacial score (nSPS) is 17.3. The number of nitrogens with zero attached hydrogens (tertiary/aromatic N) is 3. The van der Waals surface area contributed by atoms with E-state index in [2.05, 4.69) is 5.16 Å². The number of nitrogens with two attached hydrogens (primary N) is 1. The van der Waals surface area contributed by atoms with Crippen LogP contribution in [0.1, 0.15) is 44.6 Å². The summed E-state index contributed by atoms with van der Waals surface area (Å²) in [6.45, 7) is 8.98. The molecule has 0 aromatic carbocycles. The molecule has 0 saturated carbocycles. The van der Waals surface area contributed by atoms with Gasteiger partial charge in [-0.2, -0.15) is 4.31 Å². The Balaban J connectivity index is 2.19. The van der Waals surface area contributed by atoms with Crippen LogP contribution in [0.4, 0.5) is 0 Å². The van der Waals surface area contributed by atoms with E-state index < -0.39 is 15.4 Å². The molecule has 9 heteroatoms. The van der Waals surface area contributed by atoms with E-state index in [1.807, 2.05) is 13.8 Å². The molecule has 1 aliphatic rings. The molecule has 0 atom stereocenters. The summed E-state index contributed by atoms with van der Waals surface area (Å²) in [7, 11) is -3.69. The molecule has 1 aliphatic heterocycles. The Bertz CT molecular complexity index is 712. The molecule has 8 nitrogen and oxygen atoms in total. The second-order valence-corrected chi connectivity index (χ2v) is 8.77. The van der Waals surface area contributed by atoms with Crippen LogP contribution in [0.5, 0.6) is 0 Å². The lowest BCUT2D eigenvalue weighted by atomic mass is 9.81. The third kappa shape index (κ3) is 3.65. The number of carbonyl (C=O) groups excluding carboxylic acids is 1. The zero-order valence-electron chi connectivity index (χ0n) is 16.1. The first-order valence-corrected chi connectivity index (χ1v) is 10.6. The van der Waals surface area contributed by atoms with Crippen molar-refractivity contribution in [3.8, 4) is 0 Å².